The third kappa shape index (κ3) is 11.9. The summed E-state index contributed by atoms with van der Waals surface area (Å²) in [6, 6.07) is 12.0. The van der Waals surface area contributed by atoms with Crippen LogP contribution in [-0.2, 0) is 25.6 Å². The van der Waals surface area contributed by atoms with Gasteiger partial charge in [0.1, 0.15) is 17.8 Å². The van der Waals surface area contributed by atoms with Crippen LogP contribution in [0.1, 0.15) is 108 Å². The Labute approximate surface area is 324 Å². The maximum Gasteiger partial charge on any atom is 0.246 e. The number of aromatic nitrogens is 1. The number of carbonyl (C=O) groups is 4. The molecule has 12 heteroatoms. The van der Waals surface area contributed by atoms with Gasteiger partial charge in [0.15, 0.2) is 0 Å². The number of primary amides is 1. The van der Waals surface area contributed by atoms with Crippen LogP contribution in [0.4, 0.5) is 0 Å². The maximum absolute atomic E-state index is 14.0. The van der Waals surface area contributed by atoms with Crippen molar-refractivity contribution in [1.29, 1.82) is 0 Å². The first-order valence-corrected chi connectivity index (χ1v) is 20.0. The van der Waals surface area contributed by atoms with E-state index in [0.717, 1.165) is 52.3 Å². The van der Waals surface area contributed by atoms with Gasteiger partial charge in [-0.05, 0) is 86.1 Å². The molecule has 1 aromatic heterocycles. The second-order valence-corrected chi connectivity index (χ2v) is 16.8. The number of carbonyl (C=O) groups excluding carboxylic acids is 4. The van der Waals surface area contributed by atoms with Crippen molar-refractivity contribution in [3.05, 3.63) is 70.4 Å². The number of thiazole rings is 1. The van der Waals surface area contributed by atoms with Gasteiger partial charge in [-0.3, -0.25) is 19.2 Å². The summed E-state index contributed by atoms with van der Waals surface area (Å²) in [7, 11) is 0. The molecule has 4 rings (SSSR count). The molecule has 2 heterocycles. The number of β-amino-alcohol motifs (C(OH)–C–C–N with tert-alkyl or cyclic N) is 1. The Hall–Kier alpha value is -4.29. The van der Waals surface area contributed by atoms with Crippen LogP contribution in [0.3, 0.4) is 0 Å². The van der Waals surface area contributed by atoms with Crippen LogP contribution in [-0.4, -0.2) is 70.0 Å². The Balaban J connectivity index is 1.27. The highest BCUT2D eigenvalue weighted by Crippen LogP contribution is 2.30. The van der Waals surface area contributed by atoms with E-state index in [9.17, 15) is 24.3 Å². The molecule has 1 aliphatic rings. The van der Waals surface area contributed by atoms with Crippen molar-refractivity contribution in [3.63, 3.8) is 0 Å². The molecule has 54 heavy (non-hydrogen) atoms. The number of nitrogens with one attached hydrogen (secondary N) is 2. The highest BCUT2D eigenvalue weighted by atomic mass is 32.1. The number of nitrogens with two attached hydrogens (primary N) is 1. The van der Waals surface area contributed by atoms with Crippen LogP contribution in [0.2, 0.25) is 0 Å². The first-order chi connectivity index (χ1) is 25.5. The summed E-state index contributed by atoms with van der Waals surface area (Å²) in [5, 5.41) is 16.6. The van der Waals surface area contributed by atoms with E-state index in [1.807, 2.05) is 90.4 Å². The summed E-state index contributed by atoms with van der Waals surface area (Å²) in [4.78, 5) is 58.8. The van der Waals surface area contributed by atoms with E-state index in [2.05, 4.69) is 21.7 Å². The molecule has 4 amide bonds. The zero-order valence-corrected chi connectivity index (χ0v) is 33.8. The molecule has 0 bridgehead atoms. The van der Waals surface area contributed by atoms with Crippen molar-refractivity contribution < 1.29 is 29.0 Å². The van der Waals surface area contributed by atoms with Crippen molar-refractivity contribution in [3.8, 4) is 16.2 Å². The van der Waals surface area contributed by atoms with Crippen LogP contribution in [0.5, 0.6) is 5.75 Å². The van der Waals surface area contributed by atoms with Crippen molar-refractivity contribution in [2.24, 2.45) is 17.1 Å². The Morgan fingerprint density at radius 3 is 2.39 bits per heavy atom. The quantitative estimate of drug-likeness (QED) is 0.113. The van der Waals surface area contributed by atoms with Gasteiger partial charge in [-0.1, -0.05) is 70.5 Å². The molecule has 5 N–H and O–H groups in total. The molecule has 5 atom stereocenters. The number of unbranched alkanes of at least 4 members (excludes halogenated alkanes) is 2. The van der Waals surface area contributed by atoms with Crippen LogP contribution >= 0.6 is 11.3 Å². The minimum atomic E-state index is -0.866. The summed E-state index contributed by atoms with van der Waals surface area (Å²) >= 11 is 1.58. The molecule has 1 fully saturated rings. The highest BCUT2D eigenvalue weighted by Gasteiger charge is 2.44. The normalized spacial score (nSPS) is 17.4. The third-order valence-electron chi connectivity index (χ3n) is 10.2. The number of nitrogens with zero attached hydrogens (tertiary/aromatic N) is 2. The van der Waals surface area contributed by atoms with Crippen LogP contribution in [0, 0.1) is 25.2 Å². The topological polar surface area (TPSA) is 164 Å². The molecule has 0 saturated carbocycles. The first-order valence-electron chi connectivity index (χ1n) is 19.1. The number of hydrogen-bond donors (Lipinski definition) is 4. The van der Waals surface area contributed by atoms with E-state index in [-0.39, 0.29) is 55.0 Å². The molecule has 0 unspecified atom stereocenters. The van der Waals surface area contributed by atoms with Gasteiger partial charge in [0.05, 0.1) is 34.8 Å². The molecule has 0 aliphatic carbocycles. The number of ether oxygens (including phenoxy) is 1. The van der Waals surface area contributed by atoms with E-state index in [1.165, 1.54) is 10.5 Å². The second kappa shape index (κ2) is 19.3. The smallest absolute Gasteiger partial charge is 0.246 e. The van der Waals surface area contributed by atoms with E-state index >= 15 is 0 Å². The number of amides is 4. The SMILES string of the molecule is Cc1ncsc1-c1ccc([C@H](C)NC(=O)[C@@H]2C[C@@H](O)CN2C(=O)[C@@H](NC(=O)CCCCCc2cccc(OC[C@@H](C)CCC(N)=O)c2C)C(C)(C)C)cc1. The lowest BCUT2D eigenvalue weighted by molar-refractivity contribution is -0.144. The van der Waals surface area contributed by atoms with E-state index in [0.29, 0.717) is 25.9 Å². The number of aliphatic hydroxyl groups excluding tert-OH is 1. The lowest BCUT2D eigenvalue weighted by atomic mass is 9.85. The summed E-state index contributed by atoms with van der Waals surface area (Å²) in [6.45, 7) is 14.2. The predicted molar refractivity (Wildman–Crippen MR) is 213 cm³/mol. The maximum atomic E-state index is 14.0. The number of aryl methyl sites for hydroxylation is 2. The lowest BCUT2D eigenvalue weighted by Crippen LogP contribution is -2.57. The number of aliphatic hydroxyl groups is 1. The first kappa shape index (κ1) is 42.5. The minimum Gasteiger partial charge on any atom is -0.493 e. The van der Waals surface area contributed by atoms with E-state index < -0.39 is 23.6 Å². The lowest BCUT2D eigenvalue weighted by Gasteiger charge is -2.35. The summed E-state index contributed by atoms with van der Waals surface area (Å²) in [5.74, 6) is -0.175. The van der Waals surface area contributed by atoms with Crippen LogP contribution < -0.4 is 21.1 Å². The third-order valence-corrected chi connectivity index (χ3v) is 11.2. The molecule has 11 nitrogen and oxygen atoms in total. The molecule has 1 saturated heterocycles. The molecule has 294 valence electrons. The molecular weight excluding hydrogens is 703 g/mol. The van der Waals surface area contributed by atoms with Crippen LogP contribution in [0.15, 0.2) is 48.0 Å². The highest BCUT2D eigenvalue weighted by molar-refractivity contribution is 7.13. The molecular formula is C42H59N5O6S. The van der Waals surface area contributed by atoms with Crippen molar-refractivity contribution in [2.45, 2.75) is 124 Å². The van der Waals surface area contributed by atoms with Gasteiger partial charge in [-0.2, -0.15) is 0 Å². The Morgan fingerprint density at radius 1 is 1.02 bits per heavy atom. The molecule has 2 aromatic carbocycles. The molecule has 0 radical (unpaired) electrons. The van der Waals surface area contributed by atoms with Gasteiger partial charge in [0, 0.05) is 25.8 Å². The fourth-order valence-corrected chi connectivity index (χ4v) is 7.63. The predicted octanol–water partition coefficient (Wildman–Crippen LogP) is 6.18. The molecule has 0 spiro atoms. The van der Waals surface area contributed by atoms with Gasteiger partial charge < -0.3 is 31.1 Å². The Bertz CT molecular complexity index is 1740. The van der Waals surface area contributed by atoms with Crippen LogP contribution in [0.25, 0.3) is 10.4 Å². The summed E-state index contributed by atoms with van der Waals surface area (Å²) < 4.78 is 6.06. The van der Waals surface area contributed by atoms with Gasteiger partial charge in [0.25, 0.3) is 0 Å². The number of hydrogen-bond acceptors (Lipinski definition) is 8. The summed E-state index contributed by atoms with van der Waals surface area (Å²) in [6.07, 6.45) is 3.85. The zero-order chi connectivity index (χ0) is 39.6. The van der Waals surface area contributed by atoms with Gasteiger partial charge in [-0.15, -0.1) is 11.3 Å². The van der Waals surface area contributed by atoms with E-state index in [4.69, 9.17) is 10.5 Å². The van der Waals surface area contributed by atoms with Crippen molar-refractivity contribution >= 4 is 35.0 Å². The second-order valence-electron chi connectivity index (χ2n) is 15.9. The van der Waals surface area contributed by atoms with Crippen molar-refractivity contribution in [2.75, 3.05) is 13.2 Å². The standard InChI is InChI=1S/C42H59N5O6S/c1-26(16-21-36(43)49)24-53-35-14-11-13-30(27(35)2)12-9-8-10-15-37(50)46-39(42(5,6)7)41(52)47-23-33(48)22-34(47)40(51)45-28(3)31-17-19-32(20-18-31)38-29(4)44-25-54-38/h11,13-14,17-20,25-26,28,33-34,39,48H,8-10,12,15-16,21-24H2,1-7H3,(H2,43,49)(H,45,51)(H,46,50)/t26-,28-,33+,34-,39+/m0/s1. The fraction of sp³-hybridized carbons (Fsp3) is 0.548. The molecule has 1 aliphatic heterocycles. The average Bonchev–Trinajstić information content (AvgIpc) is 3.74. The van der Waals surface area contributed by atoms with Gasteiger partial charge >= 0.3 is 0 Å². The largest absolute Gasteiger partial charge is 0.493 e. The van der Waals surface area contributed by atoms with Crippen molar-refractivity contribution in [1.82, 2.24) is 20.5 Å². The van der Waals surface area contributed by atoms with Gasteiger partial charge in [0.2, 0.25) is 23.6 Å². The minimum absolute atomic E-state index is 0.0244. The fourth-order valence-electron chi connectivity index (χ4n) is 6.82. The number of benzene rings is 2. The van der Waals surface area contributed by atoms with Gasteiger partial charge in [-0.25, -0.2) is 4.98 Å². The number of rotatable bonds is 18. The Kier molecular flexibility index (Phi) is 15.2. The zero-order valence-electron chi connectivity index (χ0n) is 32.9. The number of likely N-dealkylation sites (tertiary alicyclic amines) is 1. The van der Waals surface area contributed by atoms with E-state index in [1.54, 1.807) is 11.3 Å². The monoisotopic (exact) mass is 761 g/mol. The molecule has 3 aromatic rings. The Morgan fingerprint density at radius 2 is 1.74 bits per heavy atom. The summed E-state index contributed by atoms with van der Waals surface area (Å²) in [5.41, 5.74) is 11.7. The average molecular weight is 762 g/mol.